The Morgan fingerprint density at radius 2 is 2.06 bits per heavy atom. The second-order valence-electron chi connectivity index (χ2n) is 4.04. The summed E-state index contributed by atoms with van der Waals surface area (Å²) in [7, 11) is 0. The SMILES string of the molecule is CCC(NC(=O)C1(N)CCOCC1)C(=O)O. The van der Waals surface area contributed by atoms with Gasteiger partial charge in [0.2, 0.25) is 5.91 Å². The fraction of sp³-hybridized carbons (Fsp3) is 0.800. The Labute approximate surface area is 94.1 Å². The van der Waals surface area contributed by atoms with Crippen LogP contribution >= 0.6 is 0 Å². The molecule has 1 aliphatic rings. The number of rotatable bonds is 4. The van der Waals surface area contributed by atoms with Crippen LogP contribution in [0.3, 0.4) is 0 Å². The number of nitrogens with two attached hydrogens (primary N) is 1. The zero-order chi connectivity index (χ0) is 12.2. The maximum absolute atomic E-state index is 11.8. The molecule has 1 amide bonds. The lowest BCUT2D eigenvalue weighted by Gasteiger charge is -2.32. The highest BCUT2D eigenvalue weighted by atomic mass is 16.5. The summed E-state index contributed by atoms with van der Waals surface area (Å²) < 4.78 is 5.12. The Bertz CT molecular complexity index is 274. The minimum absolute atomic E-state index is 0.341. The van der Waals surface area contributed by atoms with Crippen LogP contribution in [0.4, 0.5) is 0 Å². The first kappa shape index (κ1) is 12.9. The van der Waals surface area contributed by atoms with Gasteiger partial charge in [0.1, 0.15) is 6.04 Å². The molecule has 6 heteroatoms. The molecule has 6 nitrogen and oxygen atoms in total. The zero-order valence-corrected chi connectivity index (χ0v) is 9.36. The predicted octanol–water partition coefficient (Wildman–Crippen LogP) is -0.526. The van der Waals surface area contributed by atoms with Crippen molar-refractivity contribution >= 4 is 11.9 Å². The smallest absolute Gasteiger partial charge is 0.326 e. The molecule has 0 radical (unpaired) electrons. The zero-order valence-electron chi connectivity index (χ0n) is 9.36. The molecule has 0 aromatic carbocycles. The molecule has 0 aromatic heterocycles. The van der Waals surface area contributed by atoms with Crippen molar-refractivity contribution in [3.05, 3.63) is 0 Å². The molecule has 1 unspecified atom stereocenters. The molecule has 0 aromatic rings. The summed E-state index contributed by atoms with van der Waals surface area (Å²) >= 11 is 0. The van der Waals surface area contributed by atoms with E-state index in [1.54, 1.807) is 6.92 Å². The highest BCUT2D eigenvalue weighted by Gasteiger charge is 2.37. The third-order valence-electron chi connectivity index (χ3n) is 2.85. The van der Waals surface area contributed by atoms with Gasteiger partial charge in [-0.25, -0.2) is 4.79 Å². The maximum Gasteiger partial charge on any atom is 0.326 e. The van der Waals surface area contributed by atoms with Crippen molar-refractivity contribution in [1.29, 1.82) is 0 Å². The van der Waals surface area contributed by atoms with Gasteiger partial charge >= 0.3 is 5.97 Å². The van der Waals surface area contributed by atoms with Gasteiger partial charge in [0, 0.05) is 13.2 Å². The van der Waals surface area contributed by atoms with Crippen molar-refractivity contribution < 1.29 is 19.4 Å². The number of nitrogens with one attached hydrogen (secondary N) is 1. The number of carboxylic acids is 1. The fourth-order valence-corrected chi connectivity index (χ4v) is 1.60. The molecule has 92 valence electrons. The van der Waals surface area contributed by atoms with E-state index in [0.717, 1.165) is 0 Å². The number of carboxylic acid groups (broad SMARTS) is 1. The maximum atomic E-state index is 11.8. The van der Waals surface area contributed by atoms with E-state index in [2.05, 4.69) is 5.32 Å². The Balaban J connectivity index is 2.59. The number of aliphatic carboxylic acids is 1. The molecule has 1 heterocycles. The van der Waals surface area contributed by atoms with Gasteiger partial charge in [-0.15, -0.1) is 0 Å². The minimum Gasteiger partial charge on any atom is -0.480 e. The summed E-state index contributed by atoms with van der Waals surface area (Å²) in [6.07, 6.45) is 1.19. The molecule has 0 bridgehead atoms. The highest BCUT2D eigenvalue weighted by Crippen LogP contribution is 2.18. The molecular weight excluding hydrogens is 212 g/mol. The number of carbonyl (C=O) groups excluding carboxylic acids is 1. The predicted molar refractivity (Wildman–Crippen MR) is 56.8 cm³/mol. The molecule has 1 saturated heterocycles. The number of hydrogen-bond acceptors (Lipinski definition) is 4. The van der Waals surface area contributed by atoms with E-state index in [1.165, 1.54) is 0 Å². The molecular formula is C10H18N2O4. The van der Waals surface area contributed by atoms with Gasteiger partial charge in [-0.2, -0.15) is 0 Å². The van der Waals surface area contributed by atoms with Crippen molar-refractivity contribution in [2.24, 2.45) is 5.73 Å². The van der Waals surface area contributed by atoms with Crippen LogP contribution in [0.5, 0.6) is 0 Å². The topological polar surface area (TPSA) is 102 Å². The first-order valence-electron chi connectivity index (χ1n) is 5.40. The van der Waals surface area contributed by atoms with Crippen molar-refractivity contribution in [2.75, 3.05) is 13.2 Å². The lowest BCUT2D eigenvalue weighted by Crippen LogP contribution is -2.59. The Hall–Kier alpha value is -1.14. The van der Waals surface area contributed by atoms with Crippen molar-refractivity contribution in [3.63, 3.8) is 0 Å². The second-order valence-corrected chi connectivity index (χ2v) is 4.04. The first-order chi connectivity index (χ1) is 7.49. The van der Waals surface area contributed by atoms with E-state index >= 15 is 0 Å². The number of hydrogen-bond donors (Lipinski definition) is 3. The molecule has 0 spiro atoms. The van der Waals surface area contributed by atoms with Crippen molar-refractivity contribution in [3.8, 4) is 0 Å². The number of amides is 1. The van der Waals surface area contributed by atoms with E-state index in [0.29, 0.717) is 32.5 Å². The summed E-state index contributed by atoms with van der Waals surface area (Å²) in [4.78, 5) is 22.6. The van der Waals surface area contributed by atoms with Gasteiger partial charge in [0.15, 0.2) is 0 Å². The van der Waals surface area contributed by atoms with Gasteiger partial charge in [-0.1, -0.05) is 6.92 Å². The average molecular weight is 230 g/mol. The Morgan fingerprint density at radius 1 is 1.50 bits per heavy atom. The molecule has 0 saturated carbocycles. The van der Waals surface area contributed by atoms with Crippen LogP contribution in [-0.2, 0) is 14.3 Å². The molecule has 0 aliphatic carbocycles. The van der Waals surface area contributed by atoms with Crippen LogP contribution in [0.2, 0.25) is 0 Å². The largest absolute Gasteiger partial charge is 0.480 e. The van der Waals surface area contributed by atoms with Gasteiger partial charge < -0.3 is 20.9 Å². The minimum atomic E-state index is -1.04. The van der Waals surface area contributed by atoms with E-state index in [9.17, 15) is 9.59 Å². The number of ether oxygens (including phenoxy) is 1. The van der Waals surface area contributed by atoms with Crippen LogP contribution in [0.15, 0.2) is 0 Å². The summed E-state index contributed by atoms with van der Waals surface area (Å²) in [5.74, 6) is -1.43. The Kier molecular flexibility index (Phi) is 4.26. The monoisotopic (exact) mass is 230 g/mol. The van der Waals surface area contributed by atoms with E-state index in [-0.39, 0.29) is 0 Å². The van der Waals surface area contributed by atoms with E-state index in [1.807, 2.05) is 0 Å². The first-order valence-corrected chi connectivity index (χ1v) is 5.40. The normalized spacial score (nSPS) is 21.1. The van der Waals surface area contributed by atoms with E-state index < -0.39 is 23.5 Å². The molecule has 1 fully saturated rings. The van der Waals surface area contributed by atoms with Gasteiger partial charge in [-0.05, 0) is 19.3 Å². The van der Waals surface area contributed by atoms with Gasteiger partial charge in [-0.3, -0.25) is 4.79 Å². The molecule has 1 aliphatic heterocycles. The van der Waals surface area contributed by atoms with Crippen LogP contribution in [0, 0.1) is 0 Å². The molecule has 1 atom stereocenters. The van der Waals surface area contributed by atoms with Crippen molar-refractivity contribution in [2.45, 2.75) is 37.8 Å². The highest BCUT2D eigenvalue weighted by molar-refractivity contribution is 5.90. The quantitative estimate of drug-likeness (QED) is 0.603. The summed E-state index contributed by atoms with van der Waals surface area (Å²) in [5, 5.41) is 11.3. The summed E-state index contributed by atoms with van der Waals surface area (Å²) in [6.45, 7) is 2.58. The fourth-order valence-electron chi connectivity index (χ4n) is 1.60. The van der Waals surface area contributed by atoms with Crippen LogP contribution < -0.4 is 11.1 Å². The van der Waals surface area contributed by atoms with Crippen LogP contribution in [0.25, 0.3) is 0 Å². The van der Waals surface area contributed by atoms with Crippen LogP contribution in [-0.4, -0.2) is 41.8 Å². The lowest BCUT2D eigenvalue weighted by atomic mass is 9.90. The average Bonchev–Trinajstić information content (AvgIpc) is 2.26. The second kappa shape index (κ2) is 5.27. The Morgan fingerprint density at radius 3 is 2.50 bits per heavy atom. The van der Waals surface area contributed by atoms with Gasteiger partial charge in [0.05, 0.1) is 5.54 Å². The third kappa shape index (κ3) is 2.93. The van der Waals surface area contributed by atoms with Crippen LogP contribution in [0.1, 0.15) is 26.2 Å². The molecule has 4 N–H and O–H groups in total. The van der Waals surface area contributed by atoms with E-state index in [4.69, 9.17) is 15.6 Å². The van der Waals surface area contributed by atoms with Crippen molar-refractivity contribution in [1.82, 2.24) is 5.32 Å². The lowest BCUT2D eigenvalue weighted by molar-refractivity contribution is -0.143. The summed E-state index contributed by atoms with van der Waals surface area (Å²) in [5.41, 5.74) is 4.94. The number of carbonyl (C=O) groups is 2. The molecule has 1 rings (SSSR count). The third-order valence-corrected chi connectivity index (χ3v) is 2.85. The molecule has 16 heavy (non-hydrogen) atoms. The standard InChI is InChI=1S/C10H18N2O4/c1-2-7(8(13)14)12-9(15)10(11)3-5-16-6-4-10/h7H,2-6,11H2,1H3,(H,12,15)(H,13,14). The van der Waals surface area contributed by atoms with Gasteiger partial charge in [0.25, 0.3) is 0 Å². The summed E-state index contributed by atoms with van der Waals surface area (Å²) in [6, 6.07) is -0.865.